The number of hydrogen-bond donors (Lipinski definition) is 3. The number of nitrogens with one attached hydrogen (secondary N) is 2. The third kappa shape index (κ3) is 5.33. The normalized spacial score (nSPS) is 17.5. The lowest BCUT2D eigenvalue weighted by atomic mass is 10.00. The first-order chi connectivity index (χ1) is 11.1. The molecule has 1 fully saturated rings. The summed E-state index contributed by atoms with van der Waals surface area (Å²) in [6.45, 7) is 4.03. The molecule has 6 heteroatoms. The standard InChI is InChI=1S/C17H26N4O2/c1-13(14-5-3-2-4-6-14)21-9-7-15(8-10-21)20-17(23)12-19-16(22)11-18/h2-6,13,15H,7-12,18H2,1H3,(H,19,22)(H,20,23). The largest absolute Gasteiger partial charge is 0.352 e. The predicted molar refractivity (Wildman–Crippen MR) is 89.7 cm³/mol. The van der Waals surface area contributed by atoms with Gasteiger partial charge in [-0.05, 0) is 25.3 Å². The van der Waals surface area contributed by atoms with Crippen molar-refractivity contribution in [2.45, 2.75) is 31.8 Å². The van der Waals surface area contributed by atoms with Crippen LogP contribution < -0.4 is 16.4 Å². The van der Waals surface area contributed by atoms with Crippen molar-refractivity contribution in [1.29, 1.82) is 0 Å². The zero-order valence-corrected chi connectivity index (χ0v) is 13.6. The molecule has 0 spiro atoms. The fourth-order valence-electron chi connectivity index (χ4n) is 2.90. The molecule has 1 aromatic carbocycles. The van der Waals surface area contributed by atoms with Crippen molar-refractivity contribution in [2.75, 3.05) is 26.2 Å². The number of nitrogens with zero attached hydrogens (tertiary/aromatic N) is 1. The van der Waals surface area contributed by atoms with E-state index in [0.717, 1.165) is 25.9 Å². The topological polar surface area (TPSA) is 87.5 Å². The maximum Gasteiger partial charge on any atom is 0.239 e. The first-order valence-electron chi connectivity index (χ1n) is 8.15. The average molecular weight is 318 g/mol. The molecule has 0 radical (unpaired) electrons. The Labute approximate surface area is 137 Å². The van der Waals surface area contributed by atoms with Crippen LogP contribution in [0.4, 0.5) is 0 Å². The van der Waals surface area contributed by atoms with E-state index < -0.39 is 0 Å². The summed E-state index contributed by atoms with van der Waals surface area (Å²) in [4.78, 5) is 25.3. The van der Waals surface area contributed by atoms with E-state index in [0.29, 0.717) is 6.04 Å². The van der Waals surface area contributed by atoms with Crippen LogP contribution in [0.3, 0.4) is 0 Å². The number of carbonyl (C=O) groups excluding carboxylic acids is 2. The van der Waals surface area contributed by atoms with Crippen molar-refractivity contribution in [3.05, 3.63) is 35.9 Å². The summed E-state index contributed by atoms with van der Waals surface area (Å²) in [5, 5.41) is 5.46. The summed E-state index contributed by atoms with van der Waals surface area (Å²) >= 11 is 0. The third-order valence-electron chi connectivity index (χ3n) is 4.36. The van der Waals surface area contributed by atoms with E-state index in [1.165, 1.54) is 5.56 Å². The number of piperidine rings is 1. The Morgan fingerprint density at radius 2 is 1.87 bits per heavy atom. The van der Waals surface area contributed by atoms with Gasteiger partial charge in [-0.2, -0.15) is 0 Å². The highest BCUT2D eigenvalue weighted by Crippen LogP contribution is 2.23. The summed E-state index contributed by atoms with van der Waals surface area (Å²) in [7, 11) is 0. The van der Waals surface area contributed by atoms with Crippen LogP contribution in [0.1, 0.15) is 31.4 Å². The van der Waals surface area contributed by atoms with Gasteiger partial charge in [0.25, 0.3) is 0 Å². The minimum absolute atomic E-state index is 0.00331. The number of hydrogen-bond acceptors (Lipinski definition) is 4. The van der Waals surface area contributed by atoms with Gasteiger partial charge >= 0.3 is 0 Å². The molecule has 1 aliphatic rings. The molecule has 0 aliphatic carbocycles. The molecule has 1 atom stereocenters. The Morgan fingerprint density at radius 3 is 2.48 bits per heavy atom. The first-order valence-corrected chi connectivity index (χ1v) is 8.15. The van der Waals surface area contributed by atoms with Crippen molar-refractivity contribution in [1.82, 2.24) is 15.5 Å². The summed E-state index contributed by atoms with van der Waals surface area (Å²) in [5.41, 5.74) is 6.50. The highest BCUT2D eigenvalue weighted by molar-refractivity contribution is 5.85. The van der Waals surface area contributed by atoms with E-state index in [2.05, 4.69) is 46.7 Å². The second kappa shape index (κ2) is 8.64. The van der Waals surface area contributed by atoms with Crippen LogP contribution in [-0.2, 0) is 9.59 Å². The van der Waals surface area contributed by atoms with Crippen LogP contribution in [0.5, 0.6) is 0 Å². The number of likely N-dealkylation sites (tertiary alicyclic amines) is 1. The van der Waals surface area contributed by atoms with Crippen LogP contribution >= 0.6 is 0 Å². The van der Waals surface area contributed by atoms with E-state index in [-0.39, 0.29) is 30.9 Å². The number of nitrogens with two attached hydrogens (primary N) is 1. The minimum atomic E-state index is -0.313. The van der Waals surface area contributed by atoms with Crippen molar-refractivity contribution < 1.29 is 9.59 Å². The van der Waals surface area contributed by atoms with Gasteiger partial charge in [0, 0.05) is 25.2 Å². The van der Waals surface area contributed by atoms with Crippen molar-refractivity contribution in [3.8, 4) is 0 Å². The summed E-state index contributed by atoms with van der Waals surface area (Å²) in [5.74, 6) is -0.465. The number of carbonyl (C=O) groups is 2. The van der Waals surface area contributed by atoms with E-state index in [1.807, 2.05) is 6.07 Å². The molecule has 0 bridgehead atoms. The molecular formula is C17H26N4O2. The van der Waals surface area contributed by atoms with Gasteiger partial charge in [-0.1, -0.05) is 30.3 Å². The van der Waals surface area contributed by atoms with Crippen molar-refractivity contribution >= 4 is 11.8 Å². The van der Waals surface area contributed by atoms with E-state index >= 15 is 0 Å². The zero-order valence-electron chi connectivity index (χ0n) is 13.6. The molecule has 2 rings (SSSR count). The molecule has 1 aromatic rings. The van der Waals surface area contributed by atoms with Crippen LogP contribution in [0, 0.1) is 0 Å². The third-order valence-corrected chi connectivity index (χ3v) is 4.36. The van der Waals surface area contributed by atoms with Gasteiger partial charge in [-0.3, -0.25) is 14.5 Å². The van der Waals surface area contributed by atoms with Gasteiger partial charge < -0.3 is 16.4 Å². The lowest BCUT2D eigenvalue weighted by molar-refractivity contribution is -0.126. The average Bonchev–Trinajstić information content (AvgIpc) is 2.60. The first kappa shape index (κ1) is 17.4. The Hall–Kier alpha value is -1.92. The predicted octanol–water partition coefficient (Wildman–Crippen LogP) is 0.403. The summed E-state index contributed by atoms with van der Waals surface area (Å²) < 4.78 is 0. The zero-order chi connectivity index (χ0) is 16.7. The summed E-state index contributed by atoms with van der Waals surface area (Å²) in [6.07, 6.45) is 1.85. The second-order valence-electron chi connectivity index (χ2n) is 5.95. The van der Waals surface area contributed by atoms with Crippen LogP contribution in [-0.4, -0.2) is 48.9 Å². The smallest absolute Gasteiger partial charge is 0.239 e. The monoisotopic (exact) mass is 318 g/mol. The quantitative estimate of drug-likeness (QED) is 0.709. The molecule has 1 saturated heterocycles. The Bertz CT molecular complexity index is 513. The molecule has 2 amide bonds. The highest BCUT2D eigenvalue weighted by Gasteiger charge is 2.24. The molecule has 6 nitrogen and oxygen atoms in total. The molecule has 1 unspecified atom stereocenters. The molecule has 126 valence electrons. The Kier molecular flexibility index (Phi) is 6.55. The summed E-state index contributed by atoms with van der Waals surface area (Å²) in [6, 6.07) is 11.0. The number of amides is 2. The van der Waals surface area contributed by atoms with E-state index in [1.54, 1.807) is 0 Å². The fourth-order valence-corrected chi connectivity index (χ4v) is 2.90. The van der Waals surface area contributed by atoms with Gasteiger partial charge in [-0.25, -0.2) is 0 Å². The lowest BCUT2D eigenvalue weighted by Gasteiger charge is -2.36. The van der Waals surface area contributed by atoms with E-state index in [9.17, 15) is 9.59 Å². The number of rotatable bonds is 6. The molecule has 1 aliphatic heterocycles. The molecular weight excluding hydrogens is 292 g/mol. The molecule has 0 saturated carbocycles. The molecule has 0 aromatic heterocycles. The molecule has 4 N–H and O–H groups in total. The maximum atomic E-state index is 11.8. The van der Waals surface area contributed by atoms with Crippen molar-refractivity contribution in [2.24, 2.45) is 5.73 Å². The number of benzene rings is 1. The van der Waals surface area contributed by atoms with Crippen LogP contribution in [0.25, 0.3) is 0 Å². The minimum Gasteiger partial charge on any atom is -0.352 e. The van der Waals surface area contributed by atoms with Gasteiger partial charge in [0.2, 0.25) is 11.8 Å². The molecule has 1 heterocycles. The Morgan fingerprint density at radius 1 is 1.22 bits per heavy atom. The van der Waals surface area contributed by atoms with E-state index in [4.69, 9.17) is 5.73 Å². The van der Waals surface area contributed by atoms with Crippen molar-refractivity contribution in [3.63, 3.8) is 0 Å². The van der Waals surface area contributed by atoms with Gasteiger partial charge in [-0.15, -0.1) is 0 Å². The SMILES string of the molecule is CC(c1ccccc1)N1CCC(NC(=O)CNC(=O)CN)CC1. The van der Waals surface area contributed by atoms with Gasteiger partial charge in [0.05, 0.1) is 13.1 Å². The molecule has 23 heavy (non-hydrogen) atoms. The van der Waals surface area contributed by atoms with Crippen LogP contribution in [0.15, 0.2) is 30.3 Å². The second-order valence-corrected chi connectivity index (χ2v) is 5.95. The fraction of sp³-hybridized carbons (Fsp3) is 0.529. The van der Waals surface area contributed by atoms with Gasteiger partial charge in [0.1, 0.15) is 0 Å². The highest BCUT2D eigenvalue weighted by atomic mass is 16.2. The van der Waals surface area contributed by atoms with Crippen LogP contribution in [0.2, 0.25) is 0 Å². The maximum absolute atomic E-state index is 11.8. The Balaban J connectivity index is 1.73. The lowest BCUT2D eigenvalue weighted by Crippen LogP contribution is -2.48. The van der Waals surface area contributed by atoms with Gasteiger partial charge in [0.15, 0.2) is 0 Å².